The Labute approximate surface area is 97.4 Å². The van der Waals surface area contributed by atoms with Gasteiger partial charge >= 0.3 is 12.0 Å². The van der Waals surface area contributed by atoms with Gasteiger partial charge in [0.25, 0.3) is 0 Å². The third-order valence-electron chi connectivity index (χ3n) is 1.92. The summed E-state index contributed by atoms with van der Waals surface area (Å²) in [7, 11) is 0. The maximum atomic E-state index is 11.3. The van der Waals surface area contributed by atoms with Gasteiger partial charge in [-0.05, 0) is 24.6 Å². The summed E-state index contributed by atoms with van der Waals surface area (Å²) in [6.07, 6.45) is 0. The number of hydrogen-bond acceptors (Lipinski definition) is 2. The van der Waals surface area contributed by atoms with Crippen LogP contribution in [0, 0.1) is 6.92 Å². The molecule has 1 rings (SSSR count). The van der Waals surface area contributed by atoms with Crippen LogP contribution in [0.3, 0.4) is 0 Å². The second-order valence-electron chi connectivity index (χ2n) is 3.11. The summed E-state index contributed by atoms with van der Waals surface area (Å²) in [5.41, 5.74) is 1.28. The standard InChI is InChI=1S/C10H11ClN2O3/c1-6-7(11)3-2-4-8(6)13-10(16)12-5-9(14)15/h2-4H,5H2,1H3,(H,14,15)(H2,12,13,16). The molecule has 1 aromatic rings. The zero-order valence-corrected chi connectivity index (χ0v) is 9.34. The molecule has 1 aromatic carbocycles. The van der Waals surface area contributed by atoms with Crippen molar-refractivity contribution < 1.29 is 14.7 Å². The van der Waals surface area contributed by atoms with Crippen molar-refractivity contribution in [3.63, 3.8) is 0 Å². The molecular formula is C10H11ClN2O3. The summed E-state index contributed by atoms with van der Waals surface area (Å²) in [5, 5.41) is 13.6. The van der Waals surface area contributed by atoms with Crippen molar-refractivity contribution >= 4 is 29.3 Å². The molecule has 0 spiro atoms. The summed E-state index contributed by atoms with van der Waals surface area (Å²) < 4.78 is 0. The first-order chi connectivity index (χ1) is 7.50. The molecular weight excluding hydrogens is 232 g/mol. The topological polar surface area (TPSA) is 78.4 Å². The van der Waals surface area contributed by atoms with E-state index in [9.17, 15) is 9.59 Å². The molecule has 0 saturated carbocycles. The molecule has 0 saturated heterocycles. The molecule has 86 valence electrons. The predicted octanol–water partition coefficient (Wildman–Crippen LogP) is 1.85. The second-order valence-corrected chi connectivity index (χ2v) is 3.52. The van der Waals surface area contributed by atoms with Crippen LogP contribution in [0.15, 0.2) is 18.2 Å². The van der Waals surface area contributed by atoms with Crippen LogP contribution >= 0.6 is 11.6 Å². The molecule has 6 heteroatoms. The summed E-state index contributed by atoms with van der Waals surface area (Å²) in [5.74, 6) is -1.10. The van der Waals surface area contributed by atoms with E-state index in [1.807, 2.05) is 0 Å². The minimum absolute atomic E-state index is 0.425. The maximum absolute atomic E-state index is 11.3. The molecule has 2 amide bonds. The van der Waals surface area contributed by atoms with Gasteiger partial charge in [-0.3, -0.25) is 4.79 Å². The smallest absolute Gasteiger partial charge is 0.323 e. The predicted molar refractivity (Wildman–Crippen MR) is 60.8 cm³/mol. The first kappa shape index (κ1) is 12.3. The third kappa shape index (κ3) is 3.43. The van der Waals surface area contributed by atoms with Gasteiger partial charge in [0, 0.05) is 10.7 Å². The Morgan fingerprint density at radius 1 is 1.44 bits per heavy atom. The van der Waals surface area contributed by atoms with Gasteiger partial charge < -0.3 is 15.7 Å². The summed E-state index contributed by atoms with van der Waals surface area (Å²) in [6.45, 7) is 1.33. The van der Waals surface area contributed by atoms with E-state index in [0.29, 0.717) is 10.7 Å². The van der Waals surface area contributed by atoms with Crippen LogP contribution in [-0.4, -0.2) is 23.7 Å². The molecule has 0 atom stereocenters. The molecule has 0 aliphatic heterocycles. The SMILES string of the molecule is Cc1c(Cl)cccc1NC(=O)NCC(=O)O. The molecule has 0 aliphatic carbocycles. The summed E-state index contributed by atoms with van der Waals surface area (Å²) in [4.78, 5) is 21.5. The number of rotatable bonds is 3. The van der Waals surface area contributed by atoms with Gasteiger partial charge in [-0.25, -0.2) is 4.79 Å². The highest BCUT2D eigenvalue weighted by molar-refractivity contribution is 6.31. The number of carboxylic acid groups (broad SMARTS) is 1. The molecule has 0 aliphatic rings. The van der Waals surface area contributed by atoms with Crippen LogP contribution in [0.1, 0.15) is 5.56 Å². The fourth-order valence-corrected chi connectivity index (χ4v) is 1.24. The zero-order valence-electron chi connectivity index (χ0n) is 8.58. The van der Waals surface area contributed by atoms with Crippen LogP contribution in [-0.2, 0) is 4.79 Å². The number of hydrogen-bond donors (Lipinski definition) is 3. The Balaban J connectivity index is 2.63. The zero-order chi connectivity index (χ0) is 12.1. The Bertz CT molecular complexity index is 421. The number of amides is 2. The first-order valence-electron chi connectivity index (χ1n) is 4.52. The average Bonchev–Trinajstić information content (AvgIpc) is 2.22. The van der Waals surface area contributed by atoms with Crippen LogP contribution in [0.5, 0.6) is 0 Å². The van der Waals surface area contributed by atoms with E-state index in [-0.39, 0.29) is 0 Å². The molecule has 5 nitrogen and oxygen atoms in total. The molecule has 0 bridgehead atoms. The van der Waals surface area contributed by atoms with E-state index in [1.54, 1.807) is 25.1 Å². The van der Waals surface area contributed by atoms with Crippen molar-refractivity contribution in [3.05, 3.63) is 28.8 Å². The lowest BCUT2D eigenvalue weighted by Crippen LogP contribution is -2.33. The van der Waals surface area contributed by atoms with E-state index < -0.39 is 18.5 Å². The largest absolute Gasteiger partial charge is 0.480 e. The maximum Gasteiger partial charge on any atom is 0.323 e. The number of anilines is 1. The van der Waals surface area contributed by atoms with Crippen molar-refractivity contribution in [2.24, 2.45) is 0 Å². The number of halogens is 1. The van der Waals surface area contributed by atoms with Gasteiger partial charge in [0.05, 0.1) is 0 Å². The third-order valence-corrected chi connectivity index (χ3v) is 2.33. The molecule has 0 aromatic heterocycles. The van der Waals surface area contributed by atoms with Crippen LogP contribution in [0.25, 0.3) is 0 Å². The van der Waals surface area contributed by atoms with E-state index in [1.165, 1.54) is 0 Å². The lowest BCUT2D eigenvalue weighted by Gasteiger charge is -2.09. The highest BCUT2D eigenvalue weighted by atomic mass is 35.5. The molecule has 16 heavy (non-hydrogen) atoms. The number of carboxylic acids is 1. The monoisotopic (exact) mass is 242 g/mol. The normalized spacial score (nSPS) is 9.62. The molecule has 0 radical (unpaired) electrons. The number of benzene rings is 1. The number of urea groups is 1. The molecule has 0 heterocycles. The Kier molecular flexibility index (Phi) is 4.13. The van der Waals surface area contributed by atoms with Crippen LogP contribution in [0.4, 0.5) is 10.5 Å². The highest BCUT2D eigenvalue weighted by Gasteiger charge is 2.07. The Morgan fingerprint density at radius 2 is 2.12 bits per heavy atom. The van der Waals surface area contributed by atoms with E-state index in [2.05, 4.69) is 10.6 Å². The van der Waals surface area contributed by atoms with E-state index in [4.69, 9.17) is 16.7 Å². The number of nitrogens with one attached hydrogen (secondary N) is 2. The fraction of sp³-hybridized carbons (Fsp3) is 0.200. The lowest BCUT2D eigenvalue weighted by atomic mass is 10.2. The number of carbonyl (C=O) groups is 2. The van der Waals surface area contributed by atoms with E-state index in [0.717, 1.165) is 5.56 Å². The summed E-state index contributed by atoms with van der Waals surface area (Å²) >= 11 is 5.86. The minimum atomic E-state index is -1.10. The van der Waals surface area contributed by atoms with E-state index >= 15 is 0 Å². The van der Waals surface area contributed by atoms with Gasteiger partial charge in [0.15, 0.2) is 0 Å². The minimum Gasteiger partial charge on any atom is -0.480 e. The molecule has 0 unspecified atom stereocenters. The number of carbonyl (C=O) groups excluding carboxylic acids is 1. The first-order valence-corrected chi connectivity index (χ1v) is 4.90. The Morgan fingerprint density at radius 3 is 2.75 bits per heavy atom. The van der Waals surface area contributed by atoms with Gasteiger partial charge in [-0.15, -0.1) is 0 Å². The molecule has 0 fully saturated rings. The lowest BCUT2D eigenvalue weighted by molar-refractivity contribution is -0.135. The molecule has 3 N–H and O–H groups in total. The highest BCUT2D eigenvalue weighted by Crippen LogP contribution is 2.22. The van der Waals surface area contributed by atoms with Crippen molar-refractivity contribution in [2.75, 3.05) is 11.9 Å². The Hall–Kier alpha value is -1.75. The van der Waals surface area contributed by atoms with Crippen LogP contribution < -0.4 is 10.6 Å². The summed E-state index contributed by atoms with van der Waals surface area (Å²) in [6, 6.07) is 4.51. The van der Waals surface area contributed by atoms with Gasteiger partial charge in [0.1, 0.15) is 6.54 Å². The second kappa shape index (κ2) is 5.37. The van der Waals surface area contributed by atoms with Crippen molar-refractivity contribution in [3.8, 4) is 0 Å². The van der Waals surface area contributed by atoms with Crippen molar-refractivity contribution in [1.29, 1.82) is 0 Å². The van der Waals surface area contributed by atoms with Crippen molar-refractivity contribution in [1.82, 2.24) is 5.32 Å². The van der Waals surface area contributed by atoms with Gasteiger partial charge in [-0.1, -0.05) is 17.7 Å². The van der Waals surface area contributed by atoms with Gasteiger partial charge in [-0.2, -0.15) is 0 Å². The number of aliphatic carboxylic acids is 1. The quantitative estimate of drug-likeness (QED) is 0.757. The van der Waals surface area contributed by atoms with Crippen molar-refractivity contribution in [2.45, 2.75) is 6.92 Å². The fourth-order valence-electron chi connectivity index (χ4n) is 1.07. The van der Waals surface area contributed by atoms with Crippen LogP contribution in [0.2, 0.25) is 5.02 Å². The average molecular weight is 243 g/mol. The van der Waals surface area contributed by atoms with Gasteiger partial charge in [0.2, 0.25) is 0 Å².